The summed E-state index contributed by atoms with van der Waals surface area (Å²) >= 11 is 14.9. The first-order valence-corrected chi connectivity index (χ1v) is 13.9. The van der Waals surface area contributed by atoms with E-state index in [4.69, 9.17) is 27.9 Å². The zero-order valence-electron chi connectivity index (χ0n) is 21.7. The Morgan fingerprint density at radius 2 is 1.21 bits per heavy atom. The molecule has 0 spiro atoms. The molecule has 10 heteroatoms. The minimum absolute atomic E-state index is 0.149. The van der Waals surface area contributed by atoms with Crippen LogP contribution in [0.25, 0.3) is 0 Å². The fourth-order valence-corrected chi connectivity index (χ4v) is 7.80. The molecule has 3 aliphatic carbocycles. The molecule has 0 N–H and O–H groups in total. The highest BCUT2D eigenvalue weighted by Gasteiger charge is 2.73. The van der Waals surface area contributed by atoms with E-state index in [1.54, 1.807) is 6.07 Å². The summed E-state index contributed by atoms with van der Waals surface area (Å²) in [7, 11) is 0. The number of nitro groups is 1. The van der Waals surface area contributed by atoms with Crippen molar-refractivity contribution in [2.75, 3.05) is 4.90 Å². The molecule has 2 bridgehead atoms. The minimum Gasteiger partial charge on any atom is -0.457 e. The Hall–Kier alpha value is -4.53. The molecule has 0 aromatic heterocycles. The number of imide groups is 1. The second kappa shape index (κ2) is 9.24. The van der Waals surface area contributed by atoms with Gasteiger partial charge in [0.15, 0.2) is 0 Å². The molecular weight excluding hydrogens is 579 g/mol. The Morgan fingerprint density at radius 1 is 0.762 bits per heavy atom. The largest absolute Gasteiger partial charge is 0.457 e. The van der Waals surface area contributed by atoms with E-state index in [1.807, 2.05) is 48.5 Å². The lowest BCUT2D eigenvalue weighted by atomic mass is 9.54. The number of hydrogen-bond donors (Lipinski definition) is 0. The third-order valence-corrected chi connectivity index (χ3v) is 9.78. The molecular formula is C32H20Cl2N2O6. The fraction of sp³-hybridized carbons (Fsp3) is 0.156. The number of ether oxygens (including phenoxy) is 1. The summed E-state index contributed by atoms with van der Waals surface area (Å²) in [6.45, 7) is -0.291. The molecule has 0 saturated carbocycles. The van der Waals surface area contributed by atoms with E-state index >= 15 is 0 Å². The van der Waals surface area contributed by atoms with Gasteiger partial charge in [0.1, 0.15) is 16.4 Å². The molecule has 4 aromatic rings. The summed E-state index contributed by atoms with van der Waals surface area (Å²) < 4.78 is 5.30. The zero-order valence-corrected chi connectivity index (χ0v) is 23.2. The van der Waals surface area contributed by atoms with Crippen LogP contribution >= 0.6 is 23.2 Å². The van der Waals surface area contributed by atoms with Gasteiger partial charge in [-0.15, -0.1) is 23.2 Å². The molecule has 8 nitrogen and oxygen atoms in total. The maximum Gasteiger partial charge on any atom is 0.338 e. The molecule has 1 heterocycles. The molecule has 8 rings (SSSR count). The van der Waals surface area contributed by atoms with E-state index < -0.39 is 44.3 Å². The van der Waals surface area contributed by atoms with Crippen molar-refractivity contribution in [2.24, 2.45) is 11.8 Å². The fourth-order valence-electron chi connectivity index (χ4n) is 6.71. The number of carbonyl (C=O) groups excluding carboxylic acids is 3. The number of nitro benzene ring substituents is 1. The predicted octanol–water partition coefficient (Wildman–Crippen LogP) is 6.05. The van der Waals surface area contributed by atoms with Gasteiger partial charge in [0.2, 0.25) is 11.8 Å². The molecule has 2 amide bonds. The van der Waals surface area contributed by atoms with E-state index in [-0.39, 0.29) is 29.1 Å². The first-order chi connectivity index (χ1) is 20.2. The van der Waals surface area contributed by atoms with Gasteiger partial charge in [-0.1, -0.05) is 60.7 Å². The van der Waals surface area contributed by atoms with Crippen LogP contribution in [-0.2, 0) is 30.7 Å². The van der Waals surface area contributed by atoms with E-state index in [0.29, 0.717) is 22.3 Å². The molecule has 0 radical (unpaired) electrons. The normalized spacial score (nSPS) is 25.0. The van der Waals surface area contributed by atoms with Crippen LogP contribution in [0.1, 0.15) is 38.2 Å². The molecule has 4 aliphatic rings. The molecule has 1 saturated heterocycles. The summed E-state index contributed by atoms with van der Waals surface area (Å²) in [5.74, 6) is -3.54. The molecule has 42 heavy (non-hydrogen) atoms. The topological polar surface area (TPSA) is 107 Å². The standard InChI is InChI=1S/C32H20Cl2N2O6/c33-31-21-8-2-3-9-22(21)32(34,24-11-5-4-10-23(24)31)27-26(31)28(37)35(29(27)38)20-15-13-18(14-16-20)30(39)42-17-19-7-1-6-12-25(19)36(40)41/h1-16,26-27H,17H2/t26-,27+,31?,32?. The summed E-state index contributed by atoms with van der Waals surface area (Å²) in [5, 5.41) is 11.2. The average Bonchev–Trinajstić information content (AvgIpc) is 3.29. The van der Waals surface area contributed by atoms with Gasteiger partial charge in [-0.05, 0) is 52.6 Å². The first-order valence-electron chi connectivity index (χ1n) is 13.1. The number of rotatable bonds is 5. The highest BCUT2D eigenvalue weighted by molar-refractivity contribution is 6.38. The summed E-state index contributed by atoms with van der Waals surface area (Å²) in [4.78, 5) is 50.1. The van der Waals surface area contributed by atoms with Crippen LogP contribution in [0.5, 0.6) is 0 Å². The lowest BCUT2D eigenvalue weighted by Gasteiger charge is -2.54. The van der Waals surface area contributed by atoms with Crippen LogP contribution < -0.4 is 4.90 Å². The SMILES string of the molecule is O=C(OCc1ccccc1[N+](=O)[O-])c1ccc(N2C(=O)[C@@H]3[C@H](C2=O)C2(Cl)c4ccccc4C3(Cl)c3ccccc32)cc1. The number of alkyl halides is 2. The Kier molecular flexibility index (Phi) is 5.80. The van der Waals surface area contributed by atoms with Crippen molar-refractivity contribution in [1.82, 2.24) is 0 Å². The molecule has 208 valence electrons. The lowest BCUT2D eigenvalue weighted by Crippen LogP contribution is -2.57. The molecule has 1 fully saturated rings. The first kappa shape index (κ1) is 26.4. The van der Waals surface area contributed by atoms with Crippen LogP contribution in [0.15, 0.2) is 97.1 Å². The van der Waals surface area contributed by atoms with Crippen LogP contribution in [0.4, 0.5) is 11.4 Å². The van der Waals surface area contributed by atoms with Gasteiger partial charge in [0, 0.05) is 6.07 Å². The highest BCUT2D eigenvalue weighted by Crippen LogP contribution is 2.69. The third kappa shape index (κ3) is 3.39. The monoisotopic (exact) mass is 598 g/mol. The average molecular weight is 599 g/mol. The number of hydrogen-bond acceptors (Lipinski definition) is 6. The van der Waals surface area contributed by atoms with E-state index in [9.17, 15) is 24.5 Å². The van der Waals surface area contributed by atoms with Crippen molar-refractivity contribution in [1.29, 1.82) is 0 Å². The van der Waals surface area contributed by atoms with Crippen LogP contribution in [0, 0.1) is 22.0 Å². The van der Waals surface area contributed by atoms with Crippen LogP contribution in [0.3, 0.4) is 0 Å². The number of anilines is 1. The van der Waals surface area contributed by atoms with Gasteiger partial charge >= 0.3 is 5.97 Å². The van der Waals surface area contributed by atoms with Crippen molar-refractivity contribution in [3.05, 3.63) is 141 Å². The smallest absolute Gasteiger partial charge is 0.338 e. The quantitative estimate of drug-likeness (QED) is 0.0910. The molecule has 1 aliphatic heterocycles. The van der Waals surface area contributed by atoms with Crippen molar-refractivity contribution in [2.45, 2.75) is 16.4 Å². The molecule has 0 unspecified atom stereocenters. The van der Waals surface area contributed by atoms with E-state index in [1.165, 1.54) is 42.5 Å². The van der Waals surface area contributed by atoms with Crippen molar-refractivity contribution < 1.29 is 24.0 Å². The van der Waals surface area contributed by atoms with E-state index in [0.717, 1.165) is 4.90 Å². The van der Waals surface area contributed by atoms with Crippen LogP contribution in [-0.4, -0.2) is 22.7 Å². The van der Waals surface area contributed by atoms with Crippen molar-refractivity contribution >= 4 is 52.4 Å². The Labute approximate surface area is 249 Å². The maximum absolute atomic E-state index is 14.1. The number of nitrogens with zero attached hydrogens (tertiary/aromatic N) is 2. The second-order valence-electron chi connectivity index (χ2n) is 10.5. The van der Waals surface area contributed by atoms with Gasteiger partial charge in [-0.2, -0.15) is 0 Å². The number of benzene rings is 4. The number of esters is 1. The number of amides is 2. The Morgan fingerprint density at radius 3 is 1.69 bits per heavy atom. The van der Waals surface area contributed by atoms with Crippen LogP contribution in [0.2, 0.25) is 0 Å². The summed E-state index contributed by atoms with van der Waals surface area (Å²) in [6, 6.07) is 26.6. The second-order valence-corrected chi connectivity index (χ2v) is 11.7. The van der Waals surface area contributed by atoms with Gasteiger partial charge in [-0.3, -0.25) is 19.7 Å². The van der Waals surface area contributed by atoms with E-state index in [2.05, 4.69) is 0 Å². The van der Waals surface area contributed by atoms with Gasteiger partial charge in [-0.25, -0.2) is 9.69 Å². The number of para-hydroxylation sites is 1. The Balaban J connectivity index is 1.20. The molecule has 4 aromatic carbocycles. The number of halogens is 2. The van der Waals surface area contributed by atoms with Gasteiger partial charge in [0.05, 0.1) is 33.6 Å². The number of carbonyl (C=O) groups is 3. The third-order valence-electron chi connectivity index (χ3n) is 8.49. The summed E-state index contributed by atoms with van der Waals surface area (Å²) in [5.41, 5.74) is 3.36. The van der Waals surface area contributed by atoms with Gasteiger partial charge in [0.25, 0.3) is 5.69 Å². The lowest BCUT2D eigenvalue weighted by molar-refractivity contribution is -0.385. The summed E-state index contributed by atoms with van der Waals surface area (Å²) in [6.07, 6.45) is 0. The van der Waals surface area contributed by atoms with Gasteiger partial charge < -0.3 is 4.74 Å². The molecule has 2 atom stereocenters. The van der Waals surface area contributed by atoms with Crippen molar-refractivity contribution in [3.8, 4) is 0 Å². The Bertz CT molecular complexity index is 1720. The predicted molar refractivity (Wildman–Crippen MR) is 154 cm³/mol. The maximum atomic E-state index is 14.1. The highest BCUT2D eigenvalue weighted by atomic mass is 35.5. The zero-order chi connectivity index (χ0) is 29.4. The minimum atomic E-state index is -1.29. The van der Waals surface area contributed by atoms with Crippen molar-refractivity contribution in [3.63, 3.8) is 0 Å².